The summed E-state index contributed by atoms with van der Waals surface area (Å²) in [6.07, 6.45) is 9.29. The van der Waals surface area contributed by atoms with E-state index in [1.54, 1.807) is 6.07 Å². The Hall–Kier alpha value is -3.07. The van der Waals surface area contributed by atoms with Gasteiger partial charge in [0.1, 0.15) is 23.4 Å². The number of Topliss-reactive ketones (excluding diaryl/α,β-unsaturated/α-hetero) is 1. The number of ether oxygens (including phenoxy) is 1. The third-order valence-electron chi connectivity index (χ3n) is 7.75. The molecule has 188 valence electrons. The van der Waals surface area contributed by atoms with Gasteiger partial charge in [0.25, 0.3) is 0 Å². The van der Waals surface area contributed by atoms with Gasteiger partial charge in [-0.1, -0.05) is 6.42 Å². The van der Waals surface area contributed by atoms with Crippen molar-refractivity contribution in [1.29, 1.82) is 10.8 Å². The molecule has 1 saturated heterocycles. The Balaban J connectivity index is 1.70. The van der Waals surface area contributed by atoms with Gasteiger partial charge in [0, 0.05) is 24.1 Å². The summed E-state index contributed by atoms with van der Waals surface area (Å²) in [6.45, 7) is 3.02. The van der Waals surface area contributed by atoms with Crippen LogP contribution in [0.1, 0.15) is 76.2 Å². The number of aromatic nitrogens is 2. The molecule has 1 aliphatic heterocycles. The number of aliphatic hydroxyl groups excluding tert-OH is 1. The van der Waals surface area contributed by atoms with Crippen LogP contribution in [0.4, 0.5) is 0 Å². The molecule has 1 spiro atoms. The monoisotopic (exact) mass is 480 g/mol. The molecule has 2 aliphatic carbocycles. The highest BCUT2D eigenvalue weighted by Crippen LogP contribution is 2.48. The standard InChI is InChI=1S/C26H36N6O3/c1-16(20-8-6-14-32(20)2)35-22-15-19(18(28)10-13-27)30-25(31-22)23(29)17-7-5-12-26(24(17)34)11-4-3-9-21(26)33/h10,13,15-16,20,28-29,34H,3-9,11-12,14,27H2,1-2H3/b13-10-,28-18?,29-23?/t16-,20-,26+/m0/s1. The first-order chi connectivity index (χ1) is 16.8. The van der Waals surface area contributed by atoms with Crippen LogP contribution >= 0.6 is 0 Å². The summed E-state index contributed by atoms with van der Waals surface area (Å²) < 4.78 is 6.20. The number of hydrogen-bond donors (Lipinski definition) is 4. The van der Waals surface area contributed by atoms with Crippen molar-refractivity contribution in [3.05, 3.63) is 41.2 Å². The number of carbonyl (C=O) groups is 1. The topological polar surface area (TPSA) is 149 Å². The van der Waals surface area contributed by atoms with E-state index in [0.29, 0.717) is 37.7 Å². The highest BCUT2D eigenvalue weighted by Gasteiger charge is 2.47. The SMILES string of the molecule is C[C@H](Oc1cc(C(=N)/C=C\N)nc(C(=N)C2=C(O)[C@]3(CCCCC3=O)CCC2)n1)[C@@H]1CCCN1C. The third-order valence-corrected chi connectivity index (χ3v) is 7.75. The van der Waals surface area contributed by atoms with Gasteiger partial charge in [0.05, 0.1) is 16.8 Å². The Morgan fingerprint density at radius 1 is 1.26 bits per heavy atom. The van der Waals surface area contributed by atoms with Crippen molar-refractivity contribution in [3.8, 4) is 5.88 Å². The Kier molecular flexibility index (Phi) is 7.35. The molecule has 2 fully saturated rings. The summed E-state index contributed by atoms with van der Waals surface area (Å²) in [5.41, 5.74) is 5.35. The second-order valence-corrected chi connectivity index (χ2v) is 9.97. The van der Waals surface area contributed by atoms with Gasteiger partial charge in [-0.15, -0.1) is 0 Å². The van der Waals surface area contributed by atoms with Crippen LogP contribution in [0.25, 0.3) is 0 Å². The van der Waals surface area contributed by atoms with Crippen molar-refractivity contribution in [1.82, 2.24) is 14.9 Å². The van der Waals surface area contributed by atoms with Crippen LogP contribution in [0.3, 0.4) is 0 Å². The fourth-order valence-corrected chi connectivity index (χ4v) is 5.79. The number of ketones is 1. The number of carbonyl (C=O) groups excluding carboxylic acids is 1. The number of nitrogens with zero attached hydrogens (tertiary/aromatic N) is 3. The Labute approximate surface area is 206 Å². The van der Waals surface area contributed by atoms with Crippen molar-refractivity contribution in [2.24, 2.45) is 11.1 Å². The second-order valence-electron chi connectivity index (χ2n) is 9.97. The first-order valence-corrected chi connectivity index (χ1v) is 12.5. The van der Waals surface area contributed by atoms with Crippen LogP contribution in [-0.4, -0.2) is 62.9 Å². The fourth-order valence-electron chi connectivity index (χ4n) is 5.79. The lowest BCUT2D eigenvalue weighted by Crippen LogP contribution is -2.39. The van der Waals surface area contributed by atoms with Crippen LogP contribution in [0.2, 0.25) is 0 Å². The molecule has 9 heteroatoms. The molecule has 0 unspecified atom stereocenters. The highest BCUT2D eigenvalue weighted by atomic mass is 16.5. The van der Waals surface area contributed by atoms with Gasteiger partial charge in [-0.2, -0.15) is 4.98 Å². The number of nitrogens with one attached hydrogen (secondary N) is 2. The maximum absolute atomic E-state index is 12.9. The van der Waals surface area contributed by atoms with E-state index in [1.807, 2.05) is 6.92 Å². The number of allylic oxidation sites excluding steroid dienone is 3. The summed E-state index contributed by atoms with van der Waals surface area (Å²) in [4.78, 5) is 24.1. The van der Waals surface area contributed by atoms with Crippen molar-refractivity contribution >= 4 is 17.2 Å². The zero-order valence-electron chi connectivity index (χ0n) is 20.6. The molecule has 0 radical (unpaired) electrons. The molecular weight excluding hydrogens is 444 g/mol. The molecule has 0 aromatic carbocycles. The number of likely N-dealkylation sites (N-methyl/N-ethyl adjacent to an activating group) is 1. The second kappa shape index (κ2) is 10.3. The first-order valence-electron chi connectivity index (χ1n) is 12.5. The molecule has 3 atom stereocenters. The van der Waals surface area contributed by atoms with Gasteiger partial charge in [-0.05, 0) is 77.7 Å². The fraction of sp³-hybridized carbons (Fsp3) is 0.577. The minimum atomic E-state index is -0.883. The molecule has 1 aromatic heterocycles. The highest BCUT2D eigenvalue weighted by molar-refractivity contribution is 6.11. The average Bonchev–Trinajstić information content (AvgIpc) is 3.28. The minimum Gasteiger partial charge on any atom is -0.511 e. The van der Waals surface area contributed by atoms with Gasteiger partial charge in [-0.3, -0.25) is 20.5 Å². The summed E-state index contributed by atoms with van der Waals surface area (Å²) in [5.74, 6) is 0.417. The van der Waals surface area contributed by atoms with Crippen LogP contribution in [0.5, 0.6) is 5.88 Å². The normalized spacial score (nSPS) is 26.5. The average molecular weight is 481 g/mol. The lowest BCUT2D eigenvalue weighted by Gasteiger charge is -2.39. The molecule has 3 aliphatic rings. The van der Waals surface area contributed by atoms with E-state index >= 15 is 0 Å². The van der Waals surface area contributed by atoms with Gasteiger partial charge < -0.3 is 15.6 Å². The van der Waals surface area contributed by atoms with Crippen molar-refractivity contribution in [2.75, 3.05) is 13.6 Å². The van der Waals surface area contributed by atoms with Crippen molar-refractivity contribution in [2.45, 2.75) is 76.9 Å². The Morgan fingerprint density at radius 3 is 2.71 bits per heavy atom. The van der Waals surface area contributed by atoms with Crippen molar-refractivity contribution in [3.63, 3.8) is 0 Å². The summed E-state index contributed by atoms with van der Waals surface area (Å²) in [5, 5.41) is 28.5. The zero-order valence-corrected chi connectivity index (χ0v) is 20.6. The summed E-state index contributed by atoms with van der Waals surface area (Å²) >= 11 is 0. The van der Waals surface area contributed by atoms with Crippen LogP contribution < -0.4 is 10.5 Å². The van der Waals surface area contributed by atoms with Crippen LogP contribution in [0, 0.1) is 16.2 Å². The van der Waals surface area contributed by atoms with Crippen LogP contribution in [0.15, 0.2) is 29.7 Å². The molecule has 1 aromatic rings. The number of hydrogen-bond acceptors (Lipinski definition) is 9. The number of nitrogens with two attached hydrogens (primary N) is 1. The Bertz CT molecular complexity index is 1080. The van der Waals surface area contributed by atoms with Gasteiger partial charge in [0.15, 0.2) is 5.82 Å². The number of aliphatic hydroxyl groups is 1. The lowest BCUT2D eigenvalue weighted by atomic mass is 9.64. The predicted octanol–water partition coefficient (Wildman–Crippen LogP) is 3.67. The summed E-state index contributed by atoms with van der Waals surface area (Å²) in [6, 6.07) is 1.84. The van der Waals surface area contributed by atoms with Crippen molar-refractivity contribution < 1.29 is 14.6 Å². The van der Waals surface area contributed by atoms with Gasteiger partial charge in [0.2, 0.25) is 5.88 Å². The molecule has 35 heavy (non-hydrogen) atoms. The van der Waals surface area contributed by atoms with E-state index in [0.717, 1.165) is 32.2 Å². The molecule has 0 amide bonds. The minimum absolute atomic E-state index is 0.00722. The number of likely N-dealkylation sites (tertiary alicyclic amines) is 1. The smallest absolute Gasteiger partial charge is 0.217 e. The third kappa shape index (κ3) is 4.87. The Morgan fingerprint density at radius 2 is 2.03 bits per heavy atom. The van der Waals surface area contributed by atoms with E-state index < -0.39 is 5.41 Å². The molecular formula is C26H36N6O3. The maximum atomic E-state index is 12.9. The molecule has 5 N–H and O–H groups in total. The largest absolute Gasteiger partial charge is 0.511 e. The van der Waals surface area contributed by atoms with E-state index in [2.05, 4.69) is 21.9 Å². The maximum Gasteiger partial charge on any atom is 0.217 e. The van der Waals surface area contributed by atoms with Gasteiger partial charge >= 0.3 is 0 Å². The number of rotatable bonds is 7. The zero-order chi connectivity index (χ0) is 25.2. The molecule has 4 rings (SSSR count). The molecule has 0 bridgehead atoms. The predicted molar refractivity (Wildman–Crippen MR) is 134 cm³/mol. The van der Waals surface area contributed by atoms with Crippen LogP contribution in [-0.2, 0) is 4.79 Å². The quantitative estimate of drug-likeness (QED) is 0.435. The van der Waals surface area contributed by atoms with E-state index in [1.165, 1.54) is 12.3 Å². The molecule has 9 nitrogen and oxygen atoms in total. The van der Waals surface area contributed by atoms with E-state index in [4.69, 9.17) is 21.3 Å². The summed E-state index contributed by atoms with van der Waals surface area (Å²) in [7, 11) is 2.08. The molecule has 1 saturated carbocycles. The van der Waals surface area contributed by atoms with E-state index in [9.17, 15) is 9.90 Å². The molecule has 2 heterocycles. The van der Waals surface area contributed by atoms with Gasteiger partial charge in [-0.25, -0.2) is 4.98 Å². The lowest BCUT2D eigenvalue weighted by molar-refractivity contribution is -0.131. The first kappa shape index (κ1) is 25.0. The van der Waals surface area contributed by atoms with E-state index in [-0.39, 0.29) is 52.5 Å².